The molecule has 5 heteroatoms. The molecule has 0 saturated heterocycles. The first-order valence-corrected chi connectivity index (χ1v) is 3.64. The van der Waals surface area contributed by atoms with Crippen LogP contribution in [0.3, 0.4) is 0 Å². The van der Waals surface area contributed by atoms with Gasteiger partial charge in [0.1, 0.15) is 0 Å². The van der Waals surface area contributed by atoms with E-state index in [1.807, 2.05) is 30.3 Å². The Balaban J connectivity index is 0.000000310. The SMILES string of the molecule is CC(=O)c1ccccc1.OB(O)O. The highest BCUT2D eigenvalue weighted by Crippen LogP contribution is 1.97. The van der Waals surface area contributed by atoms with Crippen LogP contribution in [0.2, 0.25) is 0 Å². The number of hydrogen-bond acceptors (Lipinski definition) is 4. The van der Waals surface area contributed by atoms with E-state index < -0.39 is 7.32 Å². The summed E-state index contributed by atoms with van der Waals surface area (Å²) < 4.78 is 0. The van der Waals surface area contributed by atoms with Crippen LogP contribution in [0.5, 0.6) is 0 Å². The van der Waals surface area contributed by atoms with Crippen LogP contribution < -0.4 is 0 Å². The summed E-state index contributed by atoms with van der Waals surface area (Å²) in [7, 11) is -2.17. The zero-order chi connectivity index (χ0) is 10.3. The van der Waals surface area contributed by atoms with E-state index in [4.69, 9.17) is 15.1 Å². The van der Waals surface area contributed by atoms with E-state index in [0.29, 0.717) is 0 Å². The van der Waals surface area contributed by atoms with Crippen molar-refractivity contribution >= 4 is 13.1 Å². The molecule has 0 heterocycles. The Kier molecular flexibility index (Phi) is 5.79. The van der Waals surface area contributed by atoms with Crippen LogP contribution in [0.15, 0.2) is 30.3 Å². The van der Waals surface area contributed by atoms with Crippen molar-refractivity contribution in [2.45, 2.75) is 6.92 Å². The molecule has 0 spiro atoms. The number of carbonyl (C=O) groups is 1. The molecule has 0 aliphatic carbocycles. The Morgan fingerprint density at radius 3 is 1.77 bits per heavy atom. The Labute approximate surface area is 76.6 Å². The number of hydrogen-bond donors (Lipinski definition) is 3. The van der Waals surface area contributed by atoms with Gasteiger partial charge in [-0.1, -0.05) is 30.3 Å². The normalized spacial score (nSPS) is 8.31. The monoisotopic (exact) mass is 182 g/mol. The molecule has 0 radical (unpaired) electrons. The van der Waals surface area contributed by atoms with Crippen molar-refractivity contribution in [2.75, 3.05) is 0 Å². The second kappa shape index (κ2) is 6.36. The van der Waals surface area contributed by atoms with E-state index in [1.54, 1.807) is 6.92 Å². The number of ketones is 1. The van der Waals surface area contributed by atoms with E-state index in [9.17, 15) is 4.79 Å². The lowest BCUT2D eigenvalue weighted by atomic mass is 10.2. The van der Waals surface area contributed by atoms with Gasteiger partial charge in [-0.15, -0.1) is 0 Å². The highest BCUT2D eigenvalue weighted by molar-refractivity contribution is 6.30. The van der Waals surface area contributed by atoms with E-state index in [-0.39, 0.29) is 5.78 Å². The van der Waals surface area contributed by atoms with Gasteiger partial charge in [-0.3, -0.25) is 4.79 Å². The molecule has 1 aromatic rings. The predicted octanol–water partition coefficient (Wildman–Crippen LogP) is -0.163. The third-order valence-corrected chi connectivity index (χ3v) is 1.18. The maximum Gasteiger partial charge on any atom is 0.631 e. The van der Waals surface area contributed by atoms with Crippen LogP contribution in [0.25, 0.3) is 0 Å². The van der Waals surface area contributed by atoms with Crippen LogP contribution in [0.4, 0.5) is 0 Å². The van der Waals surface area contributed by atoms with Crippen molar-refractivity contribution in [1.82, 2.24) is 0 Å². The van der Waals surface area contributed by atoms with Crippen LogP contribution in [0, 0.1) is 0 Å². The molecule has 70 valence electrons. The smallest absolute Gasteiger partial charge is 0.402 e. The van der Waals surface area contributed by atoms with Crippen molar-refractivity contribution in [2.24, 2.45) is 0 Å². The van der Waals surface area contributed by atoms with Crippen LogP contribution in [-0.2, 0) is 0 Å². The Hall–Kier alpha value is -1.17. The summed E-state index contributed by atoms with van der Waals surface area (Å²) in [6, 6.07) is 9.23. The number of benzene rings is 1. The van der Waals surface area contributed by atoms with Crippen LogP contribution >= 0.6 is 0 Å². The standard InChI is InChI=1S/C8H8O.BH3O3/c1-7(9)8-5-3-2-4-6-8;2-1(3)4/h2-6H,1H3;2-4H. The van der Waals surface area contributed by atoms with Gasteiger partial charge in [0.25, 0.3) is 0 Å². The highest BCUT2D eigenvalue weighted by atomic mass is 16.5. The van der Waals surface area contributed by atoms with Gasteiger partial charge in [0, 0.05) is 5.56 Å². The second-order valence-electron chi connectivity index (χ2n) is 2.27. The van der Waals surface area contributed by atoms with E-state index in [0.717, 1.165) is 5.56 Å². The first-order valence-electron chi connectivity index (χ1n) is 3.64. The number of rotatable bonds is 1. The van der Waals surface area contributed by atoms with Gasteiger partial charge in [-0.2, -0.15) is 0 Å². The van der Waals surface area contributed by atoms with Crippen molar-refractivity contribution < 1.29 is 19.9 Å². The van der Waals surface area contributed by atoms with Gasteiger partial charge >= 0.3 is 7.32 Å². The average molecular weight is 182 g/mol. The third kappa shape index (κ3) is 7.20. The molecular weight excluding hydrogens is 171 g/mol. The molecule has 4 nitrogen and oxygen atoms in total. The largest absolute Gasteiger partial charge is 0.631 e. The van der Waals surface area contributed by atoms with Gasteiger partial charge in [0.05, 0.1) is 0 Å². The first-order chi connectivity index (χ1) is 6.04. The quantitative estimate of drug-likeness (QED) is 0.416. The first kappa shape index (κ1) is 11.8. The number of Topliss-reactive ketones (excluding diaryl/α,β-unsaturated/α-hetero) is 1. The summed E-state index contributed by atoms with van der Waals surface area (Å²) in [6.07, 6.45) is 0. The van der Waals surface area contributed by atoms with Crippen LogP contribution in [0.1, 0.15) is 17.3 Å². The summed E-state index contributed by atoms with van der Waals surface area (Å²) in [5, 5.41) is 21.5. The minimum absolute atomic E-state index is 0.121. The molecule has 3 N–H and O–H groups in total. The van der Waals surface area contributed by atoms with Crippen molar-refractivity contribution in [3.63, 3.8) is 0 Å². The Morgan fingerprint density at radius 1 is 1.15 bits per heavy atom. The Bertz CT molecular complexity index is 245. The summed E-state index contributed by atoms with van der Waals surface area (Å²) in [5.41, 5.74) is 0.775. The molecule has 0 aromatic heterocycles. The van der Waals surface area contributed by atoms with E-state index >= 15 is 0 Å². The molecule has 0 atom stereocenters. The summed E-state index contributed by atoms with van der Waals surface area (Å²) in [4.78, 5) is 10.6. The number of carbonyl (C=O) groups excluding carboxylic acids is 1. The zero-order valence-electron chi connectivity index (χ0n) is 7.21. The van der Waals surface area contributed by atoms with Crippen molar-refractivity contribution in [3.8, 4) is 0 Å². The molecular formula is C8H11BO4. The predicted molar refractivity (Wildman–Crippen MR) is 48.9 cm³/mol. The summed E-state index contributed by atoms with van der Waals surface area (Å²) >= 11 is 0. The fraction of sp³-hybridized carbons (Fsp3) is 0.125. The Morgan fingerprint density at radius 2 is 1.54 bits per heavy atom. The van der Waals surface area contributed by atoms with Gasteiger partial charge in [0.15, 0.2) is 5.78 Å². The van der Waals surface area contributed by atoms with Crippen molar-refractivity contribution in [1.29, 1.82) is 0 Å². The topological polar surface area (TPSA) is 77.8 Å². The molecule has 0 aliphatic rings. The average Bonchev–Trinajstić information content (AvgIpc) is 2.05. The molecule has 0 fully saturated rings. The molecule has 13 heavy (non-hydrogen) atoms. The van der Waals surface area contributed by atoms with Crippen LogP contribution in [-0.4, -0.2) is 28.2 Å². The van der Waals surface area contributed by atoms with Gasteiger partial charge in [-0.25, -0.2) is 0 Å². The molecule has 0 bridgehead atoms. The van der Waals surface area contributed by atoms with E-state index in [2.05, 4.69) is 0 Å². The zero-order valence-corrected chi connectivity index (χ0v) is 7.21. The minimum atomic E-state index is -2.17. The summed E-state index contributed by atoms with van der Waals surface area (Å²) in [5.74, 6) is 0.121. The minimum Gasteiger partial charge on any atom is -0.402 e. The highest BCUT2D eigenvalue weighted by Gasteiger charge is 1.93. The lowest BCUT2D eigenvalue weighted by molar-refractivity contribution is 0.101. The molecule has 0 saturated carbocycles. The lowest BCUT2D eigenvalue weighted by Crippen LogP contribution is -2.07. The third-order valence-electron chi connectivity index (χ3n) is 1.18. The fourth-order valence-corrected chi connectivity index (χ4v) is 0.673. The van der Waals surface area contributed by atoms with Crippen molar-refractivity contribution in [3.05, 3.63) is 35.9 Å². The van der Waals surface area contributed by atoms with Gasteiger partial charge in [0.2, 0.25) is 0 Å². The van der Waals surface area contributed by atoms with Gasteiger partial charge in [-0.05, 0) is 6.92 Å². The molecule has 0 unspecified atom stereocenters. The second-order valence-corrected chi connectivity index (χ2v) is 2.27. The molecule has 1 aromatic carbocycles. The molecule has 0 aliphatic heterocycles. The molecule has 1 rings (SSSR count). The van der Waals surface area contributed by atoms with Gasteiger partial charge < -0.3 is 15.1 Å². The molecule has 0 amide bonds. The maximum atomic E-state index is 10.6. The van der Waals surface area contributed by atoms with E-state index in [1.165, 1.54) is 0 Å². The fourth-order valence-electron chi connectivity index (χ4n) is 0.673. The summed E-state index contributed by atoms with van der Waals surface area (Å²) in [6.45, 7) is 1.56. The maximum absolute atomic E-state index is 10.6. The lowest BCUT2D eigenvalue weighted by Gasteiger charge is -1.89.